The molecule has 4 atom stereocenters. The molecule has 1 saturated carbocycles. The summed E-state index contributed by atoms with van der Waals surface area (Å²) >= 11 is 0. The van der Waals surface area contributed by atoms with Crippen LogP contribution in [-0.2, 0) is 28.6 Å². The molecule has 12 heteroatoms. The zero-order valence-corrected chi connectivity index (χ0v) is 15.8. The molecule has 154 valence electrons. The Morgan fingerprint density at radius 1 is 1.14 bits per heavy atom. The number of aromatic nitrogens is 4. The van der Waals surface area contributed by atoms with E-state index in [2.05, 4.69) is 20.3 Å². The number of ether oxygens (including phenoxy) is 3. The molecule has 1 aliphatic heterocycles. The van der Waals surface area contributed by atoms with Crippen LogP contribution in [0.25, 0.3) is 11.2 Å². The topological polar surface area (TPSA) is 161 Å². The second-order valence-electron chi connectivity index (χ2n) is 6.96. The summed E-state index contributed by atoms with van der Waals surface area (Å²) in [6.07, 6.45) is -0.0409. The van der Waals surface area contributed by atoms with E-state index in [0.717, 1.165) is 12.8 Å². The summed E-state index contributed by atoms with van der Waals surface area (Å²) < 4.78 is 18.1. The van der Waals surface area contributed by atoms with Gasteiger partial charge in [0.25, 0.3) is 5.91 Å². The fraction of sp³-hybridized carbons (Fsp3) is 0.529. The molecular formula is C17H20N6O6. The molecule has 12 nitrogen and oxygen atoms in total. The molecule has 3 N–H and O–H groups in total. The van der Waals surface area contributed by atoms with Crippen LogP contribution in [0.4, 0.5) is 5.82 Å². The van der Waals surface area contributed by atoms with Crippen molar-refractivity contribution >= 4 is 34.8 Å². The first-order chi connectivity index (χ1) is 13.8. The number of rotatable bonds is 5. The zero-order valence-electron chi connectivity index (χ0n) is 15.8. The molecule has 4 rings (SSSR count). The van der Waals surface area contributed by atoms with Crippen molar-refractivity contribution < 1.29 is 28.6 Å². The summed E-state index contributed by atoms with van der Waals surface area (Å²) in [6.45, 7) is 2.42. The molecule has 2 aliphatic rings. The maximum atomic E-state index is 12.7. The fourth-order valence-corrected chi connectivity index (χ4v) is 3.28. The lowest BCUT2D eigenvalue weighted by molar-refractivity contribution is -0.166. The van der Waals surface area contributed by atoms with Crippen molar-refractivity contribution in [2.45, 2.75) is 57.3 Å². The van der Waals surface area contributed by atoms with Crippen molar-refractivity contribution in [3.8, 4) is 0 Å². The van der Waals surface area contributed by atoms with Gasteiger partial charge >= 0.3 is 11.9 Å². The van der Waals surface area contributed by atoms with E-state index in [-0.39, 0.29) is 11.9 Å². The van der Waals surface area contributed by atoms with Crippen molar-refractivity contribution in [2.75, 3.05) is 5.73 Å². The lowest BCUT2D eigenvalue weighted by atomic mass is 10.1. The fourth-order valence-electron chi connectivity index (χ4n) is 3.28. The second-order valence-corrected chi connectivity index (χ2v) is 6.96. The van der Waals surface area contributed by atoms with Crippen molar-refractivity contribution in [1.82, 2.24) is 24.8 Å². The van der Waals surface area contributed by atoms with Gasteiger partial charge in [-0.2, -0.15) is 0 Å². The molecule has 1 aliphatic carbocycles. The zero-order chi connectivity index (χ0) is 20.7. The van der Waals surface area contributed by atoms with Gasteiger partial charge in [0.2, 0.25) is 0 Å². The average Bonchev–Trinajstić information content (AvgIpc) is 3.24. The molecule has 0 bridgehead atoms. The van der Waals surface area contributed by atoms with Crippen molar-refractivity contribution in [3.05, 3.63) is 12.7 Å². The third kappa shape index (κ3) is 3.70. The summed E-state index contributed by atoms with van der Waals surface area (Å²) in [6, 6.07) is 0.0666. The van der Waals surface area contributed by atoms with E-state index in [1.165, 1.54) is 31.1 Å². The van der Waals surface area contributed by atoms with Crippen LogP contribution < -0.4 is 11.1 Å². The van der Waals surface area contributed by atoms with Crippen molar-refractivity contribution in [2.24, 2.45) is 0 Å². The second kappa shape index (κ2) is 7.28. The predicted octanol–water partition coefficient (Wildman–Crippen LogP) is -0.552. The molecule has 0 unspecified atom stereocenters. The van der Waals surface area contributed by atoms with Gasteiger partial charge in [-0.05, 0) is 12.8 Å². The van der Waals surface area contributed by atoms with Gasteiger partial charge in [0.15, 0.2) is 36.0 Å². The Morgan fingerprint density at radius 3 is 2.48 bits per heavy atom. The van der Waals surface area contributed by atoms with Crippen LogP contribution in [-0.4, -0.2) is 61.7 Å². The monoisotopic (exact) mass is 404 g/mol. The Labute approximate surface area is 164 Å². The Bertz CT molecular complexity index is 972. The average molecular weight is 404 g/mol. The van der Waals surface area contributed by atoms with Gasteiger partial charge in [0.1, 0.15) is 11.8 Å². The number of esters is 2. The smallest absolute Gasteiger partial charge is 0.303 e. The highest BCUT2D eigenvalue weighted by Crippen LogP contribution is 2.36. The summed E-state index contributed by atoms with van der Waals surface area (Å²) in [5.41, 5.74) is 6.48. The number of hydrogen-bond acceptors (Lipinski definition) is 10. The number of nitrogen functional groups attached to an aromatic ring is 1. The van der Waals surface area contributed by atoms with E-state index >= 15 is 0 Å². The van der Waals surface area contributed by atoms with E-state index in [0.29, 0.717) is 11.2 Å². The van der Waals surface area contributed by atoms with Gasteiger partial charge in [-0.3, -0.25) is 19.0 Å². The minimum atomic E-state index is -1.18. The van der Waals surface area contributed by atoms with Crippen LogP contribution >= 0.6 is 0 Å². The van der Waals surface area contributed by atoms with E-state index in [4.69, 9.17) is 19.9 Å². The van der Waals surface area contributed by atoms with Gasteiger partial charge in [-0.25, -0.2) is 15.0 Å². The molecule has 29 heavy (non-hydrogen) atoms. The van der Waals surface area contributed by atoms with Crippen LogP contribution in [0.15, 0.2) is 12.7 Å². The minimum Gasteiger partial charge on any atom is -0.455 e. The van der Waals surface area contributed by atoms with E-state index in [1.54, 1.807) is 0 Å². The summed E-state index contributed by atoms with van der Waals surface area (Å²) in [4.78, 5) is 48.3. The maximum absolute atomic E-state index is 12.7. The molecule has 0 spiro atoms. The highest BCUT2D eigenvalue weighted by molar-refractivity contribution is 5.84. The van der Waals surface area contributed by atoms with Gasteiger partial charge in [-0.1, -0.05) is 0 Å². The van der Waals surface area contributed by atoms with Crippen LogP contribution in [0.1, 0.15) is 32.9 Å². The number of anilines is 1. The summed E-state index contributed by atoms with van der Waals surface area (Å²) in [7, 11) is 0. The highest BCUT2D eigenvalue weighted by atomic mass is 16.6. The van der Waals surface area contributed by atoms with Gasteiger partial charge in [0.05, 0.1) is 6.33 Å². The van der Waals surface area contributed by atoms with E-state index in [1.807, 2.05) is 0 Å². The lowest BCUT2D eigenvalue weighted by Crippen LogP contribution is -2.46. The minimum absolute atomic E-state index is 0.0666. The van der Waals surface area contributed by atoms with Crippen LogP contribution in [0.5, 0.6) is 0 Å². The molecule has 1 amide bonds. The van der Waals surface area contributed by atoms with Gasteiger partial charge in [0, 0.05) is 19.9 Å². The SMILES string of the molecule is CC(=O)O[C@@H]1[C@H](OC(C)=O)[C@@H](C(=O)NC2CC2)O[C@H]1n1cnc2c(N)ncnc21. The highest BCUT2D eigenvalue weighted by Gasteiger charge is 2.54. The first-order valence-electron chi connectivity index (χ1n) is 9.08. The molecule has 0 radical (unpaired) electrons. The van der Waals surface area contributed by atoms with E-state index < -0.39 is 42.4 Å². The quantitative estimate of drug-likeness (QED) is 0.619. The van der Waals surface area contributed by atoms with Crippen molar-refractivity contribution in [3.63, 3.8) is 0 Å². The van der Waals surface area contributed by atoms with Gasteiger partial charge < -0.3 is 25.3 Å². The number of hydrogen-bond donors (Lipinski definition) is 2. The number of carbonyl (C=O) groups excluding carboxylic acids is 3. The Kier molecular flexibility index (Phi) is 4.78. The van der Waals surface area contributed by atoms with Gasteiger partial charge in [-0.15, -0.1) is 0 Å². The first kappa shape index (κ1) is 19.1. The number of amides is 1. The molecule has 2 fully saturated rings. The molecule has 0 aromatic carbocycles. The third-order valence-electron chi connectivity index (χ3n) is 4.64. The number of imidazole rings is 1. The summed E-state index contributed by atoms with van der Waals surface area (Å²) in [5, 5.41) is 2.82. The molecule has 1 saturated heterocycles. The number of fused-ring (bicyclic) bond motifs is 1. The first-order valence-corrected chi connectivity index (χ1v) is 9.08. The number of carbonyl (C=O) groups is 3. The van der Waals surface area contributed by atoms with Crippen LogP contribution in [0.3, 0.4) is 0 Å². The number of nitrogens with two attached hydrogens (primary N) is 1. The standard InChI is InChI=1S/C17H20N6O6/c1-7(24)27-11-12(16(26)22-9-3-4-9)29-17(13(11)28-8(2)25)23-6-21-10-14(18)19-5-20-15(10)23/h5-6,9,11-13,17H,3-4H2,1-2H3,(H,22,26)(H2,18,19,20)/t11-,12+,13-,17-/m1/s1. The van der Waals surface area contributed by atoms with Crippen LogP contribution in [0, 0.1) is 0 Å². The number of nitrogens with one attached hydrogen (secondary N) is 1. The number of nitrogens with zero attached hydrogens (tertiary/aromatic N) is 4. The maximum Gasteiger partial charge on any atom is 0.303 e. The third-order valence-corrected chi connectivity index (χ3v) is 4.64. The largest absolute Gasteiger partial charge is 0.455 e. The molecule has 3 heterocycles. The lowest BCUT2D eigenvalue weighted by Gasteiger charge is -2.23. The predicted molar refractivity (Wildman–Crippen MR) is 95.9 cm³/mol. The Hall–Kier alpha value is -3.28. The van der Waals surface area contributed by atoms with Crippen LogP contribution in [0.2, 0.25) is 0 Å². The molecular weight excluding hydrogens is 384 g/mol. The molecule has 2 aromatic rings. The summed E-state index contributed by atoms with van der Waals surface area (Å²) in [5.74, 6) is -1.54. The van der Waals surface area contributed by atoms with E-state index in [9.17, 15) is 14.4 Å². The normalized spacial score (nSPS) is 26.3. The Balaban J connectivity index is 1.73. The molecule has 2 aromatic heterocycles. The van der Waals surface area contributed by atoms with Crippen molar-refractivity contribution in [1.29, 1.82) is 0 Å². The Morgan fingerprint density at radius 2 is 1.83 bits per heavy atom.